The van der Waals surface area contributed by atoms with Crippen LogP contribution in [0.5, 0.6) is 0 Å². The Labute approximate surface area is 196 Å². The summed E-state index contributed by atoms with van der Waals surface area (Å²) in [6, 6.07) is 14.2. The van der Waals surface area contributed by atoms with E-state index in [0.717, 1.165) is 22.8 Å². The lowest BCUT2D eigenvalue weighted by molar-refractivity contribution is -0.137. The minimum absolute atomic E-state index is 0.00616. The van der Waals surface area contributed by atoms with Crippen LogP contribution in [0.3, 0.4) is 0 Å². The predicted octanol–water partition coefficient (Wildman–Crippen LogP) is 3.79. The summed E-state index contributed by atoms with van der Waals surface area (Å²) in [5.74, 6) is 0. The van der Waals surface area contributed by atoms with Gasteiger partial charge in [-0.05, 0) is 42.7 Å². The van der Waals surface area contributed by atoms with Crippen LogP contribution < -0.4 is 10.3 Å². The SMILES string of the molecule is N#Cc1c(C2(c3ccc(C(F)(F)F)cc3)CC2)[nH]n2c(=O)c(NS(=O)(=O)c3ccccc3)cnc12. The van der Waals surface area contributed by atoms with Crippen molar-refractivity contribution in [2.45, 2.75) is 29.3 Å². The largest absolute Gasteiger partial charge is 0.416 e. The van der Waals surface area contributed by atoms with E-state index in [2.05, 4.69) is 14.8 Å². The summed E-state index contributed by atoms with van der Waals surface area (Å²) < 4.78 is 67.4. The maximum atomic E-state index is 13.1. The van der Waals surface area contributed by atoms with E-state index < -0.39 is 32.7 Å². The zero-order chi connectivity index (χ0) is 25.0. The van der Waals surface area contributed by atoms with Crippen molar-refractivity contribution in [3.63, 3.8) is 0 Å². The van der Waals surface area contributed by atoms with E-state index in [4.69, 9.17) is 0 Å². The number of halogens is 3. The molecule has 35 heavy (non-hydrogen) atoms. The number of rotatable bonds is 5. The van der Waals surface area contributed by atoms with Gasteiger partial charge >= 0.3 is 6.18 Å². The molecule has 1 aliphatic rings. The smallest absolute Gasteiger partial charge is 0.291 e. The molecule has 178 valence electrons. The summed E-state index contributed by atoms with van der Waals surface area (Å²) in [7, 11) is -4.06. The van der Waals surface area contributed by atoms with Crippen molar-refractivity contribution < 1.29 is 21.6 Å². The van der Waals surface area contributed by atoms with Crippen LogP contribution >= 0.6 is 0 Å². The zero-order valence-electron chi connectivity index (χ0n) is 17.8. The quantitative estimate of drug-likeness (QED) is 0.433. The molecule has 1 saturated carbocycles. The Morgan fingerprint density at radius 1 is 1.09 bits per heavy atom. The molecule has 0 aliphatic heterocycles. The van der Waals surface area contributed by atoms with Gasteiger partial charge in [-0.2, -0.15) is 22.9 Å². The Hall–Kier alpha value is -4.11. The number of fused-ring (bicyclic) bond motifs is 1. The van der Waals surface area contributed by atoms with Gasteiger partial charge in [0.2, 0.25) is 0 Å². The van der Waals surface area contributed by atoms with Crippen LogP contribution in [0.2, 0.25) is 0 Å². The molecule has 1 fully saturated rings. The van der Waals surface area contributed by atoms with Gasteiger partial charge in [-0.25, -0.2) is 13.4 Å². The summed E-state index contributed by atoms with van der Waals surface area (Å²) in [6.07, 6.45) is -2.35. The van der Waals surface area contributed by atoms with Gasteiger partial charge < -0.3 is 0 Å². The minimum Gasteiger partial charge on any atom is -0.291 e. The Morgan fingerprint density at radius 3 is 2.31 bits per heavy atom. The number of benzene rings is 2. The van der Waals surface area contributed by atoms with Crippen molar-refractivity contribution in [2.75, 3.05) is 4.72 Å². The van der Waals surface area contributed by atoms with Crippen LogP contribution in [0.4, 0.5) is 18.9 Å². The molecule has 0 atom stereocenters. The summed E-state index contributed by atoms with van der Waals surface area (Å²) in [6.45, 7) is 0. The highest BCUT2D eigenvalue weighted by molar-refractivity contribution is 7.92. The third-order valence-electron chi connectivity index (χ3n) is 6.06. The normalized spacial score (nSPS) is 15.0. The van der Waals surface area contributed by atoms with Gasteiger partial charge in [-0.1, -0.05) is 30.3 Å². The number of anilines is 1. The molecule has 2 heterocycles. The number of H-pyrrole nitrogens is 1. The van der Waals surface area contributed by atoms with Gasteiger partial charge in [0.05, 0.1) is 22.3 Å². The summed E-state index contributed by atoms with van der Waals surface area (Å²) in [4.78, 5) is 17.2. The third kappa shape index (κ3) is 3.74. The van der Waals surface area contributed by atoms with E-state index in [9.17, 15) is 31.6 Å². The molecule has 0 saturated heterocycles. The zero-order valence-corrected chi connectivity index (χ0v) is 18.6. The maximum absolute atomic E-state index is 13.1. The monoisotopic (exact) mass is 499 g/mol. The Morgan fingerprint density at radius 2 is 1.74 bits per heavy atom. The number of nitrogens with one attached hydrogen (secondary N) is 2. The molecule has 12 heteroatoms. The first-order chi connectivity index (χ1) is 16.6. The topological polar surface area (TPSA) is 120 Å². The Balaban J connectivity index is 1.58. The van der Waals surface area contributed by atoms with Gasteiger partial charge in [0, 0.05) is 5.41 Å². The third-order valence-corrected chi connectivity index (χ3v) is 7.44. The number of sulfonamides is 1. The highest BCUT2D eigenvalue weighted by atomic mass is 32.2. The van der Waals surface area contributed by atoms with E-state index in [1.54, 1.807) is 6.07 Å². The average molecular weight is 499 g/mol. The van der Waals surface area contributed by atoms with Gasteiger partial charge in [-0.15, -0.1) is 0 Å². The highest BCUT2D eigenvalue weighted by Gasteiger charge is 2.49. The van der Waals surface area contributed by atoms with Crippen LogP contribution in [0.1, 0.15) is 35.2 Å². The summed E-state index contributed by atoms with van der Waals surface area (Å²) in [5, 5.41) is 12.7. The molecular weight excluding hydrogens is 483 g/mol. The first-order valence-electron chi connectivity index (χ1n) is 10.4. The van der Waals surface area contributed by atoms with Crippen molar-refractivity contribution in [3.05, 3.63) is 93.5 Å². The minimum atomic E-state index is -4.48. The number of alkyl halides is 3. The fourth-order valence-corrected chi connectivity index (χ4v) is 5.19. The van der Waals surface area contributed by atoms with Crippen molar-refractivity contribution in [2.24, 2.45) is 0 Å². The van der Waals surface area contributed by atoms with Crippen LogP contribution in [0.25, 0.3) is 5.65 Å². The maximum Gasteiger partial charge on any atom is 0.416 e. The number of aromatic nitrogens is 3. The van der Waals surface area contributed by atoms with Gasteiger partial charge in [0.1, 0.15) is 17.3 Å². The Kier molecular flexibility index (Phi) is 4.99. The van der Waals surface area contributed by atoms with E-state index in [0.29, 0.717) is 24.1 Å². The number of aromatic amines is 1. The number of hydrogen-bond acceptors (Lipinski definition) is 5. The van der Waals surface area contributed by atoms with E-state index in [1.807, 2.05) is 6.07 Å². The fraction of sp³-hybridized carbons (Fsp3) is 0.174. The van der Waals surface area contributed by atoms with Gasteiger partial charge in [0.15, 0.2) is 5.65 Å². The molecule has 2 aromatic heterocycles. The van der Waals surface area contributed by atoms with E-state index in [1.165, 1.54) is 36.4 Å². The molecule has 0 unspecified atom stereocenters. The second kappa shape index (κ2) is 7.71. The van der Waals surface area contributed by atoms with E-state index >= 15 is 0 Å². The number of hydrogen-bond donors (Lipinski definition) is 2. The molecule has 2 aromatic carbocycles. The van der Waals surface area contributed by atoms with E-state index in [-0.39, 0.29) is 21.8 Å². The van der Waals surface area contributed by atoms with Crippen LogP contribution in [0.15, 0.2) is 70.5 Å². The molecular formula is C23H16F3N5O3S. The van der Waals surface area contributed by atoms with Crippen LogP contribution in [0, 0.1) is 11.3 Å². The molecule has 8 nitrogen and oxygen atoms in total. The van der Waals surface area contributed by atoms with Crippen molar-refractivity contribution in [1.82, 2.24) is 14.6 Å². The first kappa shape index (κ1) is 22.7. The molecule has 0 spiro atoms. The van der Waals surface area contributed by atoms with Crippen LogP contribution in [-0.2, 0) is 21.6 Å². The average Bonchev–Trinajstić information content (AvgIpc) is 3.55. The summed E-state index contributed by atoms with van der Waals surface area (Å²) in [5.41, 5.74) is -1.71. The molecule has 2 N–H and O–H groups in total. The van der Waals surface area contributed by atoms with Crippen LogP contribution in [-0.4, -0.2) is 23.0 Å². The Bertz CT molecular complexity index is 1650. The lowest BCUT2D eigenvalue weighted by Gasteiger charge is -2.16. The molecule has 0 amide bonds. The van der Waals surface area contributed by atoms with Crippen molar-refractivity contribution in [3.8, 4) is 6.07 Å². The van der Waals surface area contributed by atoms with Crippen molar-refractivity contribution >= 4 is 21.4 Å². The number of nitrogens with zero attached hydrogens (tertiary/aromatic N) is 3. The molecule has 0 radical (unpaired) electrons. The first-order valence-corrected chi connectivity index (χ1v) is 11.8. The van der Waals surface area contributed by atoms with Crippen molar-refractivity contribution in [1.29, 1.82) is 5.26 Å². The molecule has 1 aliphatic carbocycles. The lowest BCUT2D eigenvalue weighted by atomic mass is 9.89. The number of nitriles is 1. The van der Waals surface area contributed by atoms with Gasteiger partial charge in [-0.3, -0.25) is 14.6 Å². The molecule has 4 aromatic rings. The second-order valence-corrected chi connectivity index (χ2v) is 9.87. The highest BCUT2D eigenvalue weighted by Crippen LogP contribution is 2.54. The second-order valence-electron chi connectivity index (χ2n) is 8.19. The fourth-order valence-electron chi connectivity index (χ4n) is 4.13. The molecule has 0 bridgehead atoms. The standard InChI is InChI=1S/C23H16F3N5O3S/c24-23(25,26)15-8-6-14(7-9-15)22(10-11-22)19-17(12-27)20-28-13-18(21(32)31(20)29-19)30-35(33,34)16-4-2-1-3-5-16/h1-9,13,29-30H,10-11H2. The predicted molar refractivity (Wildman–Crippen MR) is 119 cm³/mol. The molecule has 5 rings (SSSR count). The van der Waals surface area contributed by atoms with Gasteiger partial charge in [0.25, 0.3) is 15.6 Å². The lowest BCUT2D eigenvalue weighted by Crippen LogP contribution is -2.24. The summed E-state index contributed by atoms with van der Waals surface area (Å²) >= 11 is 0.